The fourth-order valence-corrected chi connectivity index (χ4v) is 0.690. The van der Waals surface area contributed by atoms with Gasteiger partial charge in [0.25, 0.3) is 0 Å². The van der Waals surface area contributed by atoms with Crippen molar-refractivity contribution in [3.05, 3.63) is 12.2 Å². The van der Waals surface area contributed by atoms with Gasteiger partial charge in [-0.2, -0.15) is 0 Å². The summed E-state index contributed by atoms with van der Waals surface area (Å²) in [6.45, 7) is 0.417. The Kier molecular flexibility index (Phi) is 1.97. The lowest BCUT2D eigenvalue weighted by Gasteiger charge is -2.17. The van der Waals surface area contributed by atoms with Gasteiger partial charge in [-0.05, 0) is 0 Å². The number of hydrogen-bond donors (Lipinski definition) is 1. The van der Waals surface area contributed by atoms with Crippen LogP contribution < -0.4 is 0 Å². The molecule has 0 aliphatic carbocycles. The minimum absolute atomic E-state index is 0.417. The molecule has 9 heavy (non-hydrogen) atoms. The molecule has 0 unspecified atom stereocenters. The van der Waals surface area contributed by atoms with Gasteiger partial charge < -0.3 is 14.6 Å². The van der Waals surface area contributed by atoms with Crippen LogP contribution in [0.4, 0.5) is 0 Å². The number of aliphatic hydroxyl groups excluding tert-OH is 1. The quantitative estimate of drug-likeness (QED) is 0.382. The van der Waals surface area contributed by atoms with E-state index in [2.05, 4.69) is 0 Å². The van der Waals surface area contributed by atoms with Crippen molar-refractivity contribution in [3.63, 3.8) is 0 Å². The second kappa shape index (κ2) is 2.75. The molecule has 3 heteroatoms. The lowest BCUT2D eigenvalue weighted by Crippen LogP contribution is -2.31. The molecule has 2 atom stereocenters. The highest BCUT2D eigenvalue weighted by Gasteiger charge is 2.18. The second-order valence-electron chi connectivity index (χ2n) is 1.85. The molecule has 0 aromatic rings. The van der Waals surface area contributed by atoms with Crippen LogP contribution in [0.15, 0.2) is 12.2 Å². The van der Waals surface area contributed by atoms with Crippen LogP contribution >= 0.6 is 0 Å². The maximum atomic E-state index is 10.1. The van der Waals surface area contributed by atoms with Gasteiger partial charge in [0.2, 0.25) is 0 Å². The molecule has 0 fully saturated rings. The zero-order valence-electron chi connectivity index (χ0n) is 4.86. The van der Waals surface area contributed by atoms with Crippen LogP contribution in [0.25, 0.3) is 0 Å². The highest BCUT2D eigenvalue weighted by molar-refractivity contribution is 5.58. The molecule has 1 heterocycles. The van der Waals surface area contributed by atoms with Crippen LogP contribution in [0, 0.1) is 0 Å². The van der Waals surface area contributed by atoms with Crippen LogP contribution in [0.5, 0.6) is 0 Å². The fraction of sp³-hybridized carbons (Fsp3) is 0.500. The summed E-state index contributed by atoms with van der Waals surface area (Å²) in [6, 6.07) is 0. The summed E-state index contributed by atoms with van der Waals surface area (Å²) in [6.07, 6.45) is 2.44. The fourth-order valence-electron chi connectivity index (χ4n) is 0.690. The summed E-state index contributed by atoms with van der Waals surface area (Å²) >= 11 is 0. The number of hydrogen-bond acceptors (Lipinski definition) is 3. The van der Waals surface area contributed by atoms with Crippen LogP contribution in [-0.2, 0) is 9.53 Å². The number of ether oxygens (including phenoxy) is 1. The highest BCUT2D eigenvalue weighted by atomic mass is 16.5. The summed E-state index contributed by atoms with van der Waals surface area (Å²) in [7, 11) is 0. The average molecular weight is 128 g/mol. The minimum atomic E-state index is -0.753. The van der Waals surface area contributed by atoms with Crippen molar-refractivity contribution in [1.29, 1.82) is 0 Å². The van der Waals surface area contributed by atoms with E-state index in [-0.39, 0.29) is 0 Å². The third kappa shape index (κ3) is 1.37. The molecule has 1 rings (SSSR count). The number of aldehydes is 1. The number of rotatable bonds is 1. The average Bonchev–Trinajstić information content (AvgIpc) is 1.89. The Morgan fingerprint density at radius 1 is 1.78 bits per heavy atom. The molecule has 0 bridgehead atoms. The van der Waals surface area contributed by atoms with Crippen molar-refractivity contribution < 1.29 is 14.6 Å². The Morgan fingerprint density at radius 3 is 3.00 bits per heavy atom. The van der Waals surface area contributed by atoms with E-state index >= 15 is 0 Å². The van der Waals surface area contributed by atoms with E-state index in [4.69, 9.17) is 9.84 Å². The van der Waals surface area contributed by atoms with E-state index in [1.807, 2.05) is 0 Å². The smallest absolute Gasteiger partial charge is 0.151 e. The van der Waals surface area contributed by atoms with Crippen LogP contribution in [0.3, 0.4) is 0 Å². The minimum Gasteiger partial charge on any atom is -0.386 e. The third-order valence-corrected chi connectivity index (χ3v) is 1.19. The predicted octanol–water partition coefficient (Wildman–Crippen LogP) is -0.499. The zero-order valence-corrected chi connectivity index (χ0v) is 4.86. The van der Waals surface area contributed by atoms with Gasteiger partial charge >= 0.3 is 0 Å². The number of carbonyl (C=O) groups excluding carboxylic acids is 1. The Balaban J connectivity index is 2.54. The van der Waals surface area contributed by atoms with E-state index in [0.717, 1.165) is 0 Å². The van der Waals surface area contributed by atoms with Crippen LogP contribution in [0.1, 0.15) is 0 Å². The highest BCUT2D eigenvalue weighted by Crippen LogP contribution is 2.03. The van der Waals surface area contributed by atoms with Gasteiger partial charge in [0.15, 0.2) is 6.29 Å². The molecular weight excluding hydrogens is 120 g/mol. The Morgan fingerprint density at radius 2 is 2.56 bits per heavy atom. The summed E-state index contributed by atoms with van der Waals surface area (Å²) in [5.41, 5.74) is 0. The van der Waals surface area contributed by atoms with Crippen molar-refractivity contribution in [1.82, 2.24) is 0 Å². The lowest BCUT2D eigenvalue weighted by molar-refractivity contribution is -0.123. The van der Waals surface area contributed by atoms with E-state index in [9.17, 15) is 4.79 Å². The number of carbonyl (C=O) groups is 1. The topological polar surface area (TPSA) is 46.5 Å². The summed E-state index contributed by atoms with van der Waals surface area (Å²) in [5, 5.41) is 8.93. The molecule has 50 valence electrons. The maximum Gasteiger partial charge on any atom is 0.151 e. The molecule has 0 aromatic carbocycles. The van der Waals surface area contributed by atoms with Crippen molar-refractivity contribution in [2.75, 3.05) is 6.61 Å². The van der Waals surface area contributed by atoms with E-state index < -0.39 is 12.2 Å². The summed E-state index contributed by atoms with van der Waals surface area (Å²) in [5.74, 6) is 0. The first-order chi connectivity index (χ1) is 4.34. The standard InChI is InChI=1S/C6H8O3/c7-4-6-5(8)2-1-3-9-6/h1-2,4-6,8H,3H2/t5-,6-/m0/s1. The van der Waals surface area contributed by atoms with Crippen molar-refractivity contribution in [3.8, 4) is 0 Å². The molecule has 1 N–H and O–H groups in total. The normalized spacial score (nSPS) is 34.3. The second-order valence-corrected chi connectivity index (χ2v) is 1.85. The largest absolute Gasteiger partial charge is 0.386 e. The third-order valence-electron chi connectivity index (χ3n) is 1.19. The Bertz CT molecular complexity index is 130. The van der Waals surface area contributed by atoms with Gasteiger partial charge in [-0.1, -0.05) is 12.2 Å². The molecule has 1 aliphatic heterocycles. The van der Waals surface area contributed by atoms with Crippen molar-refractivity contribution >= 4 is 6.29 Å². The van der Waals surface area contributed by atoms with Gasteiger partial charge in [0, 0.05) is 0 Å². The monoisotopic (exact) mass is 128 g/mol. The predicted molar refractivity (Wildman–Crippen MR) is 31.0 cm³/mol. The Labute approximate surface area is 52.9 Å². The summed E-state index contributed by atoms with van der Waals surface area (Å²) in [4.78, 5) is 10.1. The SMILES string of the molecule is O=C[C@@H]1OCC=C[C@@H]1O. The van der Waals surface area contributed by atoms with E-state index in [1.165, 1.54) is 0 Å². The first-order valence-electron chi connectivity index (χ1n) is 2.76. The molecule has 0 saturated carbocycles. The number of aliphatic hydroxyl groups is 1. The van der Waals surface area contributed by atoms with E-state index in [1.54, 1.807) is 12.2 Å². The maximum absolute atomic E-state index is 10.1. The van der Waals surface area contributed by atoms with Crippen molar-refractivity contribution in [2.45, 2.75) is 12.2 Å². The molecule has 0 radical (unpaired) electrons. The molecule has 0 aromatic heterocycles. The van der Waals surface area contributed by atoms with Gasteiger partial charge in [-0.25, -0.2) is 0 Å². The molecule has 0 spiro atoms. The van der Waals surface area contributed by atoms with Crippen molar-refractivity contribution in [2.24, 2.45) is 0 Å². The first kappa shape index (κ1) is 6.45. The zero-order chi connectivity index (χ0) is 6.69. The Hall–Kier alpha value is -0.670. The van der Waals surface area contributed by atoms with Gasteiger partial charge in [-0.3, -0.25) is 0 Å². The van der Waals surface area contributed by atoms with Crippen LogP contribution in [-0.4, -0.2) is 30.2 Å². The lowest BCUT2D eigenvalue weighted by atomic mass is 10.2. The van der Waals surface area contributed by atoms with Gasteiger partial charge in [0.1, 0.15) is 12.2 Å². The molecule has 0 saturated heterocycles. The van der Waals surface area contributed by atoms with E-state index in [0.29, 0.717) is 12.9 Å². The summed E-state index contributed by atoms with van der Waals surface area (Å²) < 4.78 is 4.83. The molecule has 0 amide bonds. The van der Waals surface area contributed by atoms with Gasteiger partial charge in [-0.15, -0.1) is 0 Å². The molecular formula is C6H8O3. The van der Waals surface area contributed by atoms with Gasteiger partial charge in [0.05, 0.1) is 6.61 Å². The molecule has 3 nitrogen and oxygen atoms in total. The first-order valence-corrected chi connectivity index (χ1v) is 2.76. The molecule has 1 aliphatic rings. The van der Waals surface area contributed by atoms with Crippen LogP contribution in [0.2, 0.25) is 0 Å².